The van der Waals surface area contributed by atoms with Crippen LogP contribution in [0.25, 0.3) is 10.2 Å². The van der Waals surface area contributed by atoms with E-state index in [0.717, 1.165) is 26.4 Å². The fourth-order valence-corrected chi connectivity index (χ4v) is 3.72. The van der Waals surface area contributed by atoms with Gasteiger partial charge in [-0.3, -0.25) is 9.59 Å². The molecule has 0 saturated carbocycles. The number of amides is 1. The molecule has 22 heavy (non-hydrogen) atoms. The van der Waals surface area contributed by atoms with E-state index >= 15 is 0 Å². The van der Waals surface area contributed by atoms with Crippen molar-refractivity contribution in [3.05, 3.63) is 51.2 Å². The van der Waals surface area contributed by atoms with Crippen LogP contribution in [0.4, 0.5) is 0 Å². The molecule has 0 atom stereocenters. The molecule has 3 aromatic rings. The van der Waals surface area contributed by atoms with Crippen LogP contribution >= 0.6 is 22.7 Å². The van der Waals surface area contributed by atoms with Gasteiger partial charge in [0, 0.05) is 17.0 Å². The van der Waals surface area contributed by atoms with Crippen LogP contribution in [0.5, 0.6) is 0 Å². The molecule has 4 nitrogen and oxygen atoms in total. The number of Topliss-reactive ketones (excluding diaryl/α,β-unsaturated/α-hetero) is 1. The van der Waals surface area contributed by atoms with Crippen LogP contribution in [0.3, 0.4) is 0 Å². The minimum Gasteiger partial charge on any atom is -0.352 e. The normalized spacial score (nSPS) is 10.8. The third kappa shape index (κ3) is 3.23. The van der Waals surface area contributed by atoms with Crippen LogP contribution in [0.1, 0.15) is 31.8 Å². The number of thiophene rings is 1. The zero-order valence-electron chi connectivity index (χ0n) is 12.0. The number of hydrogen-bond acceptors (Lipinski definition) is 5. The van der Waals surface area contributed by atoms with E-state index < -0.39 is 0 Å². The number of benzene rings is 1. The number of thiazole rings is 1. The van der Waals surface area contributed by atoms with E-state index in [9.17, 15) is 9.59 Å². The zero-order chi connectivity index (χ0) is 15.5. The van der Waals surface area contributed by atoms with Gasteiger partial charge in [0.2, 0.25) is 0 Å². The summed E-state index contributed by atoms with van der Waals surface area (Å²) in [6.45, 7) is 2.12. The molecular weight excluding hydrogens is 316 g/mol. The molecule has 0 bridgehead atoms. The Morgan fingerprint density at radius 2 is 2.09 bits per heavy atom. The maximum Gasteiger partial charge on any atom is 0.251 e. The number of carbonyl (C=O) groups excluding carboxylic acids is 2. The molecule has 112 valence electrons. The highest BCUT2D eigenvalue weighted by atomic mass is 32.1. The highest BCUT2D eigenvalue weighted by molar-refractivity contribution is 7.16. The molecule has 0 aliphatic carbocycles. The van der Waals surface area contributed by atoms with Crippen molar-refractivity contribution in [3.8, 4) is 0 Å². The van der Waals surface area contributed by atoms with Crippen molar-refractivity contribution >= 4 is 44.6 Å². The lowest BCUT2D eigenvalue weighted by Crippen LogP contribution is -2.25. The van der Waals surface area contributed by atoms with E-state index in [1.807, 2.05) is 24.3 Å². The topological polar surface area (TPSA) is 59.1 Å². The Morgan fingerprint density at radius 1 is 1.23 bits per heavy atom. The third-order valence-electron chi connectivity index (χ3n) is 3.26. The lowest BCUT2D eigenvalue weighted by atomic mass is 10.2. The van der Waals surface area contributed by atoms with E-state index in [2.05, 4.69) is 10.3 Å². The lowest BCUT2D eigenvalue weighted by molar-refractivity contribution is 0.0953. The second-order valence-electron chi connectivity index (χ2n) is 4.86. The van der Waals surface area contributed by atoms with Crippen LogP contribution in [0.15, 0.2) is 35.8 Å². The van der Waals surface area contributed by atoms with Crippen molar-refractivity contribution in [3.63, 3.8) is 0 Å². The molecule has 0 radical (unpaired) electrons. The minimum atomic E-state index is -0.0846. The molecule has 2 heterocycles. The highest BCUT2D eigenvalue weighted by Gasteiger charge is 2.08. The van der Waals surface area contributed by atoms with E-state index in [4.69, 9.17) is 0 Å². The Bertz CT molecular complexity index is 835. The summed E-state index contributed by atoms with van der Waals surface area (Å²) in [7, 11) is 0. The lowest BCUT2D eigenvalue weighted by Gasteiger charge is -2.04. The number of nitrogens with zero attached hydrogens (tertiary/aromatic N) is 1. The zero-order valence-corrected chi connectivity index (χ0v) is 13.6. The Labute approximate surface area is 135 Å². The molecule has 1 amide bonds. The number of hydrogen-bond donors (Lipinski definition) is 1. The van der Waals surface area contributed by atoms with E-state index in [-0.39, 0.29) is 11.7 Å². The largest absolute Gasteiger partial charge is 0.352 e. The van der Waals surface area contributed by atoms with Crippen molar-refractivity contribution in [1.82, 2.24) is 10.3 Å². The number of fused-ring (bicyclic) bond motifs is 1. The smallest absolute Gasteiger partial charge is 0.251 e. The first-order valence-corrected chi connectivity index (χ1v) is 8.54. The summed E-state index contributed by atoms with van der Waals surface area (Å²) >= 11 is 3.01. The van der Waals surface area contributed by atoms with Crippen molar-refractivity contribution in [2.75, 3.05) is 6.54 Å². The van der Waals surface area contributed by atoms with Gasteiger partial charge < -0.3 is 5.32 Å². The molecule has 6 heteroatoms. The molecule has 2 aromatic heterocycles. The molecular formula is C16H14N2O2S2. The Balaban J connectivity index is 1.58. The summed E-state index contributed by atoms with van der Waals surface area (Å²) in [5, 5.41) is 2.91. The van der Waals surface area contributed by atoms with Crippen LogP contribution in [0.2, 0.25) is 0 Å². The van der Waals surface area contributed by atoms with Gasteiger partial charge in [0.25, 0.3) is 5.91 Å². The highest BCUT2D eigenvalue weighted by Crippen LogP contribution is 2.19. The van der Waals surface area contributed by atoms with Gasteiger partial charge in [-0.1, -0.05) is 0 Å². The van der Waals surface area contributed by atoms with Gasteiger partial charge in [0.05, 0.1) is 20.6 Å². The standard InChI is InChI=1S/C16H14N2O2S2/c1-10(19)14-5-3-12(22-14)6-7-17-16(20)11-2-4-13-15(8-11)21-9-18-13/h2-5,8-9H,6-7H2,1H3,(H,17,20). The van der Waals surface area contributed by atoms with Gasteiger partial charge in [0.15, 0.2) is 5.78 Å². The quantitative estimate of drug-likeness (QED) is 0.728. The van der Waals surface area contributed by atoms with Gasteiger partial charge in [-0.25, -0.2) is 4.98 Å². The molecule has 1 N–H and O–H groups in total. The number of aromatic nitrogens is 1. The molecule has 0 spiro atoms. The van der Waals surface area contributed by atoms with E-state index in [1.54, 1.807) is 18.5 Å². The van der Waals surface area contributed by atoms with Gasteiger partial charge in [-0.15, -0.1) is 22.7 Å². The number of carbonyl (C=O) groups is 2. The van der Waals surface area contributed by atoms with E-state index in [0.29, 0.717) is 12.1 Å². The molecule has 0 aliphatic rings. The maximum absolute atomic E-state index is 12.1. The molecule has 0 fully saturated rings. The summed E-state index contributed by atoms with van der Waals surface area (Å²) in [5.74, 6) is -0.00297. The molecule has 3 rings (SSSR count). The summed E-state index contributed by atoms with van der Waals surface area (Å²) in [5.41, 5.74) is 3.33. The monoisotopic (exact) mass is 330 g/mol. The first-order valence-electron chi connectivity index (χ1n) is 6.84. The number of nitrogens with one attached hydrogen (secondary N) is 1. The second-order valence-corrected chi connectivity index (χ2v) is 6.92. The Kier molecular flexibility index (Phi) is 4.31. The third-order valence-corrected chi connectivity index (χ3v) is 5.30. The van der Waals surface area contributed by atoms with Crippen LogP contribution in [-0.2, 0) is 6.42 Å². The maximum atomic E-state index is 12.1. The molecule has 0 aliphatic heterocycles. The van der Waals surface area contributed by atoms with Crippen LogP contribution in [0, 0.1) is 0 Å². The average Bonchev–Trinajstić information content (AvgIpc) is 3.15. The van der Waals surface area contributed by atoms with Gasteiger partial charge >= 0.3 is 0 Å². The molecule has 0 saturated heterocycles. The van der Waals surface area contributed by atoms with Crippen molar-refractivity contribution in [1.29, 1.82) is 0 Å². The first-order chi connectivity index (χ1) is 10.6. The van der Waals surface area contributed by atoms with Gasteiger partial charge in [-0.2, -0.15) is 0 Å². The number of rotatable bonds is 5. The summed E-state index contributed by atoms with van der Waals surface area (Å²) in [4.78, 5) is 29.4. The predicted octanol–water partition coefficient (Wildman–Crippen LogP) is 3.53. The van der Waals surface area contributed by atoms with E-state index in [1.165, 1.54) is 22.7 Å². The second kappa shape index (κ2) is 6.37. The summed E-state index contributed by atoms with van der Waals surface area (Å²) in [6, 6.07) is 9.29. The average molecular weight is 330 g/mol. The SMILES string of the molecule is CC(=O)c1ccc(CCNC(=O)c2ccc3ncsc3c2)s1. The summed E-state index contributed by atoms with van der Waals surface area (Å²) < 4.78 is 1.01. The first kappa shape index (κ1) is 14.9. The van der Waals surface area contributed by atoms with Crippen LogP contribution < -0.4 is 5.32 Å². The number of ketones is 1. The van der Waals surface area contributed by atoms with Crippen LogP contribution in [-0.4, -0.2) is 23.2 Å². The van der Waals surface area contributed by atoms with Gasteiger partial charge in [0.1, 0.15) is 0 Å². The van der Waals surface area contributed by atoms with Gasteiger partial charge in [-0.05, 0) is 43.7 Å². The summed E-state index contributed by atoms with van der Waals surface area (Å²) in [6.07, 6.45) is 0.729. The molecule has 1 aromatic carbocycles. The van der Waals surface area contributed by atoms with Crippen molar-refractivity contribution in [2.24, 2.45) is 0 Å². The Morgan fingerprint density at radius 3 is 2.86 bits per heavy atom. The predicted molar refractivity (Wildman–Crippen MR) is 90.0 cm³/mol. The molecule has 0 unspecified atom stereocenters. The fourth-order valence-electron chi connectivity index (χ4n) is 2.10. The minimum absolute atomic E-state index is 0.0816. The fraction of sp³-hybridized carbons (Fsp3) is 0.188. The van der Waals surface area contributed by atoms with Crippen molar-refractivity contribution < 1.29 is 9.59 Å². The van der Waals surface area contributed by atoms with Crippen molar-refractivity contribution in [2.45, 2.75) is 13.3 Å². The Hall–Kier alpha value is -2.05.